The zero-order valence-corrected chi connectivity index (χ0v) is 11.5. The molecule has 0 spiro atoms. The number of hydrogen-bond donors (Lipinski definition) is 0. The molecule has 15 heavy (non-hydrogen) atoms. The SMILES string of the molecule is COCOc1[c-]c(C(F)(F)F)ccc1.[K+]. The van der Waals surface area contributed by atoms with Gasteiger partial charge in [-0.25, -0.2) is 0 Å². The smallest absolute Gasteiger partial charge is 0.493 e. The summed E-state index contributed by atoms with van der Waals surface area (Å²) in [5, 5.41) is 0. The van der Waals surface area contributed by atoms with Gasteiger partial charge in [0.25, 0.3) is 0 Å². The quantitative estimate of drug-likeness (QED) is 0.405. The van der Waals surface area contributed by atoms with Crippen molar-refractivity contribution in [2.24, 2.45) is 0 Å². The van der Waals surface area contributed by atoms with Crippen molar-refractivity contribution in [3.05, 3.63) is 29.8 Å². The number of rotatable bonds is 3. The maximum Gasteiger partial charge on any atom is 1.00 e. The van der Waals surface area contributed by atoms with E-state index in [-0.39, 0.29) is 63.9 Å². The van der Waals surface area contributed by atoms with Crippen LogP contribution in [0.4, 0.5) is 13.2 Å². The molecule has 0 aliphatic rings. The Labute approximate surface area is 128 Å². The molecule has 0 aromatic heterocycles. The van der Waals surface area contributed by atoms with Crippen LogP contribution in [-0.4, -0.2) is 13.9 Å². The standard InChI is InChI=1S/C9H8F3O2.K/c1-13-6-14-8-4-2-3-7(5-8)9(10,11)12;/h2-4H,6H2,1H3;/q-1;+1. The Hall–Kier alpha value is 0.406. The third-order valence-electron chi connectivity index (χ3n) is 1.41. The van der Waals surface area contributed by atoms with E-state index in [1.807, 2.05) is 0 Å². The van der Waals surface area contributed by atoms with Crippen LogP contribution in [0.25, 0.3) is 0 Å². The zero-order valence-electron chi connectivity index (χ0n) is 8.39. The summed E-state index contributed by atoms with van der Waals surface area (Å²) < 4.78 is 45.9. The van der Waals surface area contributed by atoms with E-state index in [1.165, 1.54) is 19.2 Å². The van der Waals surface area contributed by atoms with Crippen LogP contribution in [0.2, 0.25) is 0 Å². The molecule has 0 unspecified atom stereocenters. The summed E-state index contributed by atoms with van der Waals surface area (Å²) in [7, 11) is 1.38. The second kappa shape index (κ2) is 6.88. The number of halogens is 3. The molecule has 0 saturated carbocycles. The van der Waals surface area contributed by atoms with Crippen LogP contribution < -0.4 is 56.1 Å². The van der Waals surface area contributed by atoms with Crippen molar-refractivity contribution in [1.82, 2.24) is 0 Å². The first-order valence-electron chi connectivity index (χ1n) is 3.75. The van der Waals surface area contributed by atoms with E-state index < -0.39 is 11.7 Å². The molecule has 6 heteroatoms. The van der Waals surface area contributed by atoms with Gasteiger partial charge in [-0.2, -0.15) is 25.3 Å². The van der Waals surface area contributed by atoms with E-state index in [4.69, 9.17) is 4.74 Å². The molecule has 0 aliphatic carbocycles. The summed E-state index contributed by atoms with van der Waals surface area (Å²) in [6.45, 7) is -0.0994. The summed E-state index contributed by atoms with van der Waals surface area (Å²) in [5.41, 5.74) is -0.855. The fraction of sp³-hybridized carbons (Fsp3) is 0.333. The van der Waals surface area contributed by atoms with Gasteiger partial charge in [0, 0.05) is 12.9 Å². The largest absolute Gasteiger partial charge is 1.00 e. The molecular formula is C9H8F3KO2. The molecule has 0 heterocycles. The fourth-order valence-corrected chi connectivity index (χ4v) is 0.820. The summed E-state index contributed by atoms with van der Waals surface area (Å²) in [4.78, 5) is 0. The van der Waals surface area contributed by atoms with Crippen molar-refractivity contribution in [2.45, 2.75) is 6.18 Å². The van der Waals surface area contributed by atoms with Gasteiger partial charge in [0.05, 0.1) is 0 Å². The fourth-order valence-electron chi connectivity index (χ4n) is 0.820. The van der Waals surface area contributed by atoms with E-state index >= 15 is 0 Å². The molecule has 0 aliphatic heterocycles. The Morgan fingerprint density at radius 3 is 2.53 bits per heavy atom. The van der Waals surface area contributed by atoms with Gasteiger partial charge in [-0.1, -0.05) is 5.56 Å². The van der Waals surface area contributed by atoms with E-state index in [2.05, 4.69) is 10.8 Å². The first-order valence-corrected chi connectivity index (χ1v) is 3.75. The third-order valence-corrected chi connectivity index (χ3v) is 1.41. The molecule has 0 atom stereocenters. The molecule has 78 valence electrons. The van der Waals surface area contributed by atoms with Gasteiger partial charge < -0.3 is 9.47 Å². The summed E-state index contributed by atoms with van der Waals surface area (Å²) in [6.07, 6.45) is -4.40. The van der Waals surface area contributed by atoms with Gasteiger partial charge >= 0.3 is 57.6 Å². The van der Waals surface area contributed by atoms with Crippen LogP contribution >= 0.6 is 0 Å². The van der Waals surface area contributed by atoms with Gasteiger partial charge in [-0.3, -0.25) is 0 Å². The average molecular weight is 244 g/mol. The van der Waals surface area contributed by atoms with Crippen LogP contribution in [0.15, 0.2) is 18.2 Å². The minimum atomic E-state index is -4.40. The number of methoxy groups -OCH3 is 1. The third kappa shape index (κ3) is 5.32. The normalized spacial score (nSPS) is 10.7. The van der Waals surface area contributed by atoms with Gasteiger partial charge in [0.1, 0.15) is 0 Å². The summed E-state index contributed by atoms with van der Waals surface area (Å²) >= 11 is 0. The van der Waals surface area contributed by atoms with E-state index in [9.17, 15) is 13.2 Å². The number of ether oxygens (including phenoxy) is 2. The molecule has 0 amide bonds. The maximum absolute atomic E-state index is 12.2. The predicted octanol–water partition coefficient (Wildman–Crippen LogP) is -0.508. The number of benzene rings is 1. The summed E-state index contributed by atoms with van der Waals surface area (Å²) in [6, 6.07) is 5.66. The van der Waals surface area contributed by atoms with Gasteiger partial charge in [0.2, 0.25) is 0 Å². The monoisotopic (exact) mass is 244 g/mol. The van der Waals surface area contributed by atoms with Crippen LogP contribution in [0.1, 0.15) is 5.56 Å². The van der Waals surface area contributed by atoms with Crippen LogP contribution in [0.3, 0.4) is 0 Å². The number of alkyl halides is 3. The minimum Gasteiger partial charge on any atom is -0.493 e. The van der Waals surface area contributed by atoms with E-state index in [0.717, 1.165) is 6.07 Å². The number of hydrogen-bond acceptors (Lipinski definition) is 2. The minimum absolute atomic E-state index is 0. The van der Waals surface area contributed by atoms with E-state index in [1.54, 1.807) is 0 Å². The van der Waals surface area contributed by atoms with Crippen molar-refractivity contribution in [3.8, 4) is 5.75 Å². The molecule has 0 bridgehead atoms. The zero-order chi connectivity index (χ0) is 10.6. The van der Waals surface area contributed by atoms with Crippen molar-refractivity contribution in [1.29, 1.82) is 0 Å². The Bertz CT molecular complexity index is 302. The first kappa shape index (κ1) is 15.4. The Morgan fingerprint density at radius 1 is 1.33 bits per heavy atom. The van der Waals surface area contributed by atoms with Crippen LogP contribution in [0, 0.1) is 6.07 Å². The van der Waals surface area contributed by atoms with E-state index in [0.29, 0.717) is 0 Å². The molecule has 1 rings (SSSR count). The molecule has 0 N–H and O–H groups in total. The van der Waals surface area contributed by atoms with Gasteiger partial charge in [-0.15, -0.1) is 12.1 Å². The predicted molar refractivity (Wildman–Crippen MR) is 42.8 cm³/mol. The van der Waals surface area contributed by atoms with Crippen molar-refractivity contribution in [3.63, 3.8) is 0 Å². The topological polar surface area (TPSA) is 18.5 Å². The first-order chi connectivity index (χ1) is 6.54. The molecular weight excluding hydrogens is 236 g/mol. The molecule has 1 aromatic rings. The van der Waals surface area contributed by atoms with Gasteiger partial charge in [-0.05, 0) is 0 Å². The Morgan fingerprint density at radius 2 is 2.00 bits per heavy atom. The second-order valence-electron chi connectivity index (χ2n) is 2.48. The Kier molecular flexibility index (Phi) is 7.06. The van der Waals surface area contributed by atoms with Crippen molar-refractivity contribution >= 4 is 0 Å². The van der Waals surface area contributed by atoms with Gasteiger partial charge in [0.15, 0.2) is 6.79 Å². The maximum atomic E-state index is 12.2. The molecule has 0 saturated heterocycles. The van der Waals surface area contributed by atoms with Crippen molar-refractivity contribution in [2.75, 3.05) is 13.9 Å². The second-order valence-corrected chi connectivity index (χ2v) is 2.48. The molecule has 1 aromatic carbocycles. The summed E-state index contributed by atoms with van der Waals surface area (Å²) in [5.74, 6) is 0.0154. The molecule has 2 nitrogen and oxygen atoms in total. The van der Waals surface area contributed by atoms with Crippen LogP contribution in [0.5, 0.6) is 5.75 Å². The van der Waals surface area contributed by atoms with Crippen molar-refractivity contribution < 1.29 is 74.0 Å². The molecule has 0 radical (unpaired) electrons. The average Bonchev–Trinajstić information content (AvgIpc) is 2.14. The Balaban J connectivity index is 0.00000196. The van der Waals surface area contributed by atoms with Crippen LogP contribution in [-0.2, 0) is 10.9 Å². The molecule has 0 fully saturated rings.